The highest BCUT2D eigenvalue weighted by molar-refractivity contribution is 9.10. The first-order valence-corrected chi connectivity index (χ1v) is 6.94. The van der Waals surface area contributed by atoms with E-state index in [1.54, 1.807) is 34.6 Å². The number of nitrogens with zero attached hydrogens (tertiary/aromatic N) is 2. The van der Waals surface area contributed by atoms with Crippen LogP contribution in [0.1, 0.15) is 0 Å². The maximum Gasteiger partial charge on any atom is 0.203 e. The summed E-state index contributed by atoms with van der Waals surface area (Å²) in [6.07, 6.45) is 1.69. The number of ether oxygens (including phenoxy) is 3. The van der Waals surface area contributed by atoms with E-state index in [2.05, 4.69) is 31.2 Å². The average Bonchev–Trinajstić information content (AvgIpc) is 2.53. The molecule has 1 heterocycles. The third-order valence-electron chi connectivity index (χ3n) is 2.90. The van der Waals surface area contributed by atoms with Gasteiger partial charge in [0.1, 0.15) is 5.82 Å². The number of aromatic nitrogens is 2. The Bertz CT molecular complexity index is 624. The summed E-state index contributed by atoms with van der Waals surface area (Å²) in [6.45, 7) is 0. The van der Waals surface area contributed by atoms with Gasteiger partial charge in [-0.25, -0.2) is 9.97 Å². The summed E-state index contributed by atoms with van der Waals surface area (Å²) in [5, 5.41) is 3.00. The van der Waals surface area contributed by atoms with Gasteiger partial charge in [-0.05, 0) is 28.1 Å². The van der Waals surface area contributed by atoms with E-state index in [-0.39, 0.29) is 0 Å². The standard InChI is InChI=1S/C14H16BrN3O3/c1-16-14-9(15)7-17-13(18-14)8-5-10(19-2)12(21-4)11(6-8)20-3/h5-7H,1-4H3,(H,16,17,18). The third kappa shape index (κ3) is 3.02. The number of halogens is 1. The molecule has 0 atom stereocenters. The summed E-state index contributed by atoms with van der Waals surface area (Å²) in [5.41, 5.74) is 0.772. The van der Waals surface area contributed by atoms with Crippen LogP contribution in [-0.4, -0.2) is 38.3 Å². The molecule has 1 N–H and O–H groups in total. The van der Waals surface area contributed by atoms with Crippen LogP contribution in [0.2, 0.25) is 0 Å². The molecule has 0 unspecified atom stereocenters. The maximum atomic E-state index is 5.34. The minimum Gasteiger partial charge on any atom is -0.493 e. The lowest BCUT2D eigenvalue weighted by Gasteiger charge is -2.14. The Kier molecular flexibility index (Phi) is 4.85. The lowest BCUT2D eigenvalue weighted by atomic mass is 10.1. The molecule has 1 aromatic carbocycles. The molecule has 1 aromatic heterocycles. The van der Waals surface area contributed by atoms with Crippen molar-refractivity contribution in [2.45, 2.75) is 0 Å². The van der Waals surface area contributed by atoms with Crippen LogP contribution >= 0.6 is 15.9 Å². The molecular formula is C14H16BrN3O3. The van der Waals surface area contributed by atoms with E-state index in [1.807, 2.05) is 12.1 Å². The molecule has 7 heteroatoms. The third-order valence-corrected chi connectivity index (χ3v) is 3.48. The van der Waals surface area contributed by atoms with Gasteiger partial charge in [0, 0.05) is 18.8 Å². The van der Waals surface area contributed by atoms with Gasteiger partial charge in [0.25, 0.3) is 0 Å². The summed E-state index contributed by atoms with van der Waals surface area (Å²) in [7, 11) is 6.51. The number of methoxy groups -OCH3 is 3. The van der Waals surface area contributed by atoms with E-state index in [9.17, 15) is 0 Å². The topological polar surface area (TPSA) is 65.5 Å². The molecule has 0 bridgehead atoms. The van der Waals surface area contributed by atoms with Gasteiger partial charge in [0.2, 0.25) is 5.75 Å². The largest absolute Gasteiger partial charge is 0.493 e. The molecule has 21 heavy (non-hydrogen) atoms. The van der Waals surface area contributed by atoms with E-state index in [1.165, 1.54) is 0 Å². The Labute approximate surface area is 131 Å². The van der Waals surface area contributed by atoms with Crippen molar-refractivity contribution in [3.63, 3.8) is 0 Å². The van der Waals surface area contributed by atoms with Crippen LogP contribution in [0.15, 0.2) is 22.8 Å². The van der Waals surface area contributed by atoms with Crippen LogP contribution < -0.4 is 19.5 Å². The predicted molar refractivity (Wildman–Crippen MR) is 84.4 cm³/mol. The average molecular weight is 354 g/mol. The van der Waals surface area contributed by atoms with Gasteiger partial charge in [-0.15, -0.1) is 0 Å². The molecule has 0 saturated heterocycles. The fourth-order valence-electron chi connectivity index (χ4n) is 1.89. The molecule has 2 aromatic rings. The van der Waals surface area contributed by atoms with E-state index in [4.69, 9.17) is 14.2 Å². The summed E-state index contributed by atoms with van der Waals surface area (Å²) in [4.78, 5) is 8.76. The Morgan fingerprint density at radius 3 is 2.14 bits per heavy atom. The Balaban J connectivity index is 2.58. The molecule has 112 valence electrons. The first-order chi connectivity index (χ1) is 10.1. The molecule has 6 nitrogen and oxygen atoms in total. The molecule has 0 radical (unpaired) electrons. The molecule has 0 aliphatic rings. The van der Waals surface area contributed by atoms with Crippen molar-refractivity contribution in [1.82, 2.24) is 9.97 Å². The van der Waals surface area contributed by atoms with Crippen molar-refractivity contribution in [3.05, 3.63) is 22.8 Å². The molecule has 0 saturated carbocycles. The van der Waals surface area contributed by atoms with E-state index >= 15 is 0 Å². The quantitative estimate of drug-likeness (QED) is 0.891. The number of hydrogen-bond donors (Lipinski definition) is 1. The van der Waals surface area contributed by atoms with Gasteiger partial charge in [-0.2, -0.15) is 0 Å². The summed E-state index contributed by atoms with van der Waals surface area (Å²) in [5.74, 6) is 2.92. The van der Waals surface area contributed by atoms with E-state index in [0.717, 1.165) is 10.0 Å². The molecule has 2 rings (SSSR count). The summed E-state index contributed by atoms with van der Waals surface area (Å²) in [6, 6.07) is 3.62. The smallest absolute Gasteiger partial charge is 0.203 e. The predicted octanol–water partition coefficient (Wildman–Crippen LogP) is 2.97. The second-order valence-electron chi connectivity index (χ2n) is 4.05. The van der Waals surface area contributed by atoms with Crippen LogP contribution in [0, 0.1) is 0 Å². The Hall–Kier alpha value is -2.02. The van der Waals surface area contributed by atoms with Crippen molar-refractivity contribution < 1.29 is 14.2 Å². The molecule has 0 aliphatic heterocycles. The second kappa shape index (κ2) is 6.62. The highest BCUT2D eigenvalue weighted by atomic mass is 79.9. The molecule has 0 amide bonds. The highest BCUT2D eigenvalue weighted by Gasteiger charge is 2.16. The molecule has 0 aliphatic carbocycles. The van der Waals surface area contributed by atoms with Crippen LogP contribution in [0.25, 0.3) is 11.4 Å². The number of rotatable bonds is 5. The fraction of sp³-hybridized carbons (Fsp3) is 0.286. The molecular weight excluding hydrogens is 338 g/mol. The van der Waals surface area contributed by atoms with Crippen LogP contribution in [0.4, 0.5) is 5.82 Å². The van der Waals surface area contributed by atoms with Gasteiger partial charge in [0.15, 0.2) is 17.3 Å². The fourth-order valence-corrected chi connectivity index (χ4v) is 2.28. The number of nitrogens with one attached hydrogen (secondary N) is 1. The number of benzene rings is 1. The van der Waals surface area contributed by atoms with Crippen LogP contribution in [-0.2, 0) is 0 Å². The zero-order valence-electron chi connectivity index (χ0n) is 12.2. The molecule has 0 fully saturated rings. The highest BCUT2D eigenvalue weighted by Crippen LogP contribution is 2.40. The zero-order chi connectivity index (χ0) is 15.4. The zero-order valence-corrected chi connectivity index (χ0v) is 13.8. The summed E-state index contributed by atoms with van der Waals surface area (Å²) >= 11 is 3.39. The maximum absolute atomic E-state index is 5.34. The van der Waals surface area contributed by atoms with Gasteiger partial charge in [-0.3, -0.25) is 0 Å². The van der Waals surface area contributed by atoms with Gasteiger partial charge < -0.3 is 19.5 Å². The van der Waals surface area contributed by atoms with Crippen molar-refractivity contribution >= 4 is 21.7 Å². The number of anilines is 1. The minimum atomic E-state index is 0.537. The first kappa shape index (κ1) is 15.4. The van der Waals surface area contributed by atoms with E-state index in [0.29, 0.717) is 28.9 Å². The lowest BCUT2D eigenvalue weighted by molar-refractivity contribution is 0.324. The van der Waals surface area contributed by atoms with Crippen LogP contribution in [0.3, 0.4) is 0 Å². The normalized spacial score (nSPS) is 10.1. The molecule has 0 spiro atoms. The summed E-state index contributed by atoms with van der Waals surface area (Å²) < 4.78 is 16.8. The monoisotopic (exact) mass is 353 g/mol. The van der Waals surface area contributed by atoms with Crippen LogP contribution in [0.5, 0.6) is 17.2 Å². The van der Waals surface area contributed by atoms with Crippen molar-refractivity contribution in [2.75, 3.05) is 33.7 Å². The number of hydrogen-bond acceptors (Lipinski definition) is 6. The van der Waals surface area contributed by atoms with E-state index < -0.39 is 0 Å². The van der Waals surface area contributed by atoms with Crippen molar-refractivity contribution in [1.29, 1.82) is 0 Å². The van der Waals surface area contributed by atoms with Crippen molar-refractivity contribution in [2.24, 2.45) is 0 Å². The lowest BCUT2D eigenvalue weighted by Crippen LogP contribution is -1.99. The second-order valence-corrected chi connectivity index (χ2v) is 4.91. The first-order valence-electron chi connectivity index (χ1n) is 6.15. The SMILES string of the molecule is CNc1nc(-c2cc(OC)c(OC)c(OC)c2)ncc1Br. The van der Waals surface area contributed by atoms with Gasteiger partial charge in [0.05, 0.1) is 25.8 Å². The van der Waals surface area contributed by atoms with Gasteiger partial charge >= 0.3 is 0 Å². The Morgan fingerprint density at radius 2 is 1.67 bits per heavy atom. The minimum absolute atomic E-state index is 0.537. The van der Waals surface area contributed by atoms with Crippen molar-refractivity contribution in [3.8, 4) is 28.6 Å². The Morgan fingerprint density at radius 1 is 1.05 bits per heavy atom. The van der Waals surface area contributed by atoms with Gasteiger partial charge in [-0.1, -0.05) is 0 Å².